The highest BCUT2D eigenvalue weighted by atomic mass is 16.2. The highest BCUT2D eigenvalue weighted by Gasteiger charge is 2.17. The summed E-state index contributed by atoms with van der Waals surface area (Å²) < 4.78 is 1.44. The molecule has 1 aromatic heterocycles. The Kier molecular flexibility index (Phi) is 3.74. The number of aromatic nitrogens is 1. The normalized spacial score (nSPS) is 14.6. The quantitative estimate of drug-likeness (QED) is 0.752. The summed E-state index contributed by atoms with van der Waals surface area (Å²) in [4.78, 5) is 33.9. The first-order valence-corrected chi connectivity index (χ1v) is 5.85. The molecule has 2 amide bonds. The van der Waals surface area contributed by atoms with Gasteiger partial charge in [-0.05, 0) is 5.56 Å². The first-order chi connectivity index (χ1) is 9.06. The lowest BCUT2D eigenvalue weighted by atomic mass is 10.1. The predicted octanol–water partition coefficient (Wildman–Crippen LogP) is -0.732. The first-order valence-electron chi connectivity index (χ1n) is 5.85. The van der Waals surface area contributed by atoms with E-state index in [1.165, 1.54) is 10.6 Å². The van der Waals surface area contributed by atoms with Gasteiger partial charge in [0.1, 0.15) is 5.71 Å². The molecule has 0 bridgehead atoms. The Morgan fingerprint density at radius 1 is 1.42 bits per heavy atom. The number of hydrogen-bond acceptors (Lipinski definition) is 4. The number of hydrazone groups is 1. The first kappa shape index (κ1) is 13.0. The number of aryl methyl sites for hydroxylation is 1. The number of rotatable bonds is 3. The van der Waals surface area contributed by atoms with Crippen molar-refractivity contribution >= 4 is 17.5 Å². The second-order valence-electron chi connectivity index (χ2n) is 4.26. The molecule has 100 valence electrons. The van der Waals surface area contributed by atoms with Crippen LogP contribution in [0.4, 0.5) is 0 Å². The van der Waals surface area contributed by atoms with Crippen LogP contribution in [0.3, 0.4) is 0 Å². The highest BCUT2D eigenvalue weighted by Crippen LogP contribution is 2.00. The van der Waals surface area contributed by atoms with Crippen molar-refractivity contribution in [3.63, 3.8) is 0 Å². The smallest absolute Gasteiger partial charge is 0.267 e. The fraction of sp³-hybridized carbons (Fsp3) is 0.333. The van der Waals surface area contributed by atoms with Gasteiger partial charge in [-0.2, -0.15) is 5.10 Å². The fourth-order valence-corrected chi connectivity index (χ4v) is 1.68. The molecule has 19 heavy (non-hydrogen) atoms. The Labute approximate surface area is 109 Å². The van der Waals surface area contributed by atoms with E-state index in [0.29, 0.717) is 18.7 Å². The number of hydrogen-bond donors (Lipinski definition) is 2. The molecular formula is C12H14N4O3. The van der Waals surface area contributed by atoms with Gasteiger partial charge in [0.05, 0.1) is 0 Å². The molecule has 0 aromatic carbocycles. The zero-order chi connectivity index (χ0) is 13.8. The second kappa shape index (κ2) is 5.47. The summed E-state index contributed by atoms with van der Waals surface area (Å²) in [6.45, 7) is 0.305. The third-order valence-electron chi connectivity index (χ3n) is 2.77. The van der Waals surface area contributed by atoms with E-state index in [-0.39, 0.29) is 23.8 Å². The molecule has 7 heteroatoms. The minimum atomic E-state index is -0.311. The molecule has 0 unspecified atom stereocenters. The van der Waals surface area contributed by atoms with Crippen LogP contribution in [0.15, 0.2) is 28.2 Å². The molecule has 7 nitrogen and oxygen atoms in total. The van der Waals surface area contributed by atoms with Gasteiger partial charge in [-0.3, -0.25) is 14.4 Å². The van der Waals surface area contributed by atoms with Gasteiger partial charge in [-0.1, -0.05) is 6.07 Å². The molecule has 0 saturated heterocycles. The zero-order valence-electron chi connectivity index (χ0n) is 10.5. The average Bonchev–Trinajstić information content (AvgIpc) is 2.40. The summed E-state index contributed by atoms with van der Waals surface area (Å²) in [5, 5.41) is 6.40. The van der Waals surface area contributed by atoms with Gasteiger partial charge in [0, 0.05) is 38.7 Å². The van der Waals surface area contributed by atoms with Crippen molar-refractivity contribution in [3.05, 3.63) is 34.2 Å². The molecule has 0 spiro atoms. The van der Waals surface area contributed by atoms with Crippen LogP contribution in [-0.2, 0) is 23.2 Å². The average molecular weight is 262 g/mol. The van der Waals surface area contributed by atoms with Gasteiger partial charge in [-0.15, -0.1) is 0 Å². The van der Waals surface area contributed by atoms with E-state index in [1.807, 2.05) is 0 Å². The van der Waals surface area contributed by atoms with Gasteiger partial charge < -0.3 is 9.88 Å². The van der Waals surface area contributed by atoms with E-state index in [0.717, 1.165) is 5.56 Å². The molecule has 1 aromatic rings. The molecule has 0 aliphatic carbocycles. The van der Waals surface area contributed by atoms with Crippen LogP contribution in [0.2, 0.25) is 0 Å². The van der Waals surface area contributed by atoms with Crippen LogP contribution in [0.5, 0.6) is 0 Å². The van der Waals surface area contributed by atoms with Crippen LogP contribution >= 0.6 is 0 Å². The van der Waals surface area contributed by atoms with Crippen molar-refractivity contribution in [2.75, 3.05) is 0 Å². The van der Waals surface area contributed by atoms with Crippen molar-refractivity contribution in [1.82, 2.24) is 15.3 Å². The second-order valence-corrected chi connectivity index (χ2v) is 4.26. The van der Waals surface area contributed by atoms with Crippen molar-refractivity contribution in [2.45, 2.75) is 19.4 Å². The van der Waals surface area contributed by atoms with E-state index in [9.17, 15) is 14.4 Å². The van der Waals surface area contributed by atoms with Gasteiger partial charge in [0.2, 0.25) is 11.5 Å². The number of carbonyl (C=O) groups is 2. The van der Waals surface area contributed by atoms with Crippen LogP contribution in [-0.4, -0.2) is 22.1 Å². The van der Waals surface area contributed by atoms with Gasteiger partial charge in [0.15, 0.2) is 0 Å². The minimum absolute atomic E-state index is 0.102. The highest BCUT2D eigenvalue weighted by molar-refractivity contribution is 6.39. The number of amides is 2. The Hall–Kier alpha value is -2.44. The van der Waals surface area contributed by atoms with Crippen molar-refractivity contribution in [1.29, 1.82) is 0 Å². The third-order valence-corrected chi connectivity index (χ3v) is 2.77. The molecule has 2 heterocycles. The summed E-state index contributed by atoms with van der Waals surface area (Å²) in [6, 6.07) is 3.10. The molecule has 2 N–H and O–H groups in total. The number of nitrogens with one attached hydrogen (secondary N) is 2. The zero-order valence-corrected chi connectivity index (χ0v) is 10.5. The van der Waals surface area contributed by atoms with Crippen LogP contribution in [0.25, 0.3) is 0 Å². The van der Waals surface area contributed by atoms with Crippen LogP contribution < -0.4 is 16.3 Å². The van der Waals surface area contributed by atoms with Crippen LogP contribution in [0, 0.1) is 0 Å². The molecule has 0 saturated carbocycles. The molecule has 0 fully saturated rings. The predicted molar refractivity (Wildman–Crippen MR) is 68.3 cm³/mol. The summed E-state index contributed by atoms with van der Waals surface area (Å²) in [7, 11) is 1.65. The maximum Gasteiger partial charge on any atom is 0.267 e. The largest absolute Gasteiger partial charge is 0.347 e. The molecule has 1 aliphatic heterocycles. The molecule has 2 rings (SSSR count). The van der Waals surface area contributed by atoms with Crippen LogP contribution in [0.1, 0.15) is 18.4 Å². The van der Waals surface area contributed by atoms with Gasteiger partial charge in [0.25, 0.3) is 5.91 Å². The number of carbonyl (C=O) groups excluding carboxylic acids is 2. The molecular weight excluding hydrogens is 248 g/mol. The van der Waals surface area contributed by atoms with Crippen molar-refractivity contribution in [2.24, 2.45) is 12.1 Å². The van der Waals surface area contributed by atoms with E-state index in [4.69, 9.17) is 0 Å². The standard InChI is InChI=1S/C12H14N4O3/c1-16-7-8(2-5-11(16)18)6-13-12(19)9-3-4-10(17)15-14-9/h2,5,7H,3-4,6H2,1H3,(H,13,19)(H,15,17). The summed E-state index contributed by atoms with van der Waals surface area (Å²) in [5.41, 5.74) is 3.29. The summed E-state index contributed by atoms with van der Waals surface area (Å²) in [5.74, 6) is -0.497. The number of nitrogens with zero attached hydrogens (tertiary/aromatic N) is 2. The lowest BCUT2D eigenvalue weighted by Gasteiger charge is -2.12. The lowest BCUT2D eigenvalue weighted by Crippen LogP contribution is -2.36. The van der Waals surface area contributed by atoms with Gasteiger partial charge in [-0.25, -0.2) is 5.43 Å². The molecule has 0 radical (unpaired) electrons. The number of pyridine rings is 1. The van der Waals surface area contributed by atoms with E-state index in [2.05, 4.69) is 15.8 Å². The van der Waals surface area contributed by atoms with Crippen molar-refractivity contribution < 1.29 is 9.59 Å². The lowest BCUT2D eigenvalue weighted by molar-refractivity contribution is -0.121. The topological polar surface area (TPSA) is 92.6 Å². The van der Waals surface area contributed by atoms with Crippen molar-refractivity contribution in [3.8, 4) is 0 Å². The van der Waals surface area contributed by atoms with E-state index >= 15 is 0 Å². The SMILES string of the molecule is Cn1cc(CNC(=O)C2=NNC(=O)CC2)ccc1=O. The Morgan fingerprint density at radius 2 is 2.21 bits per heavy atom. The van der Waals surface area contributed by atoms with Gasteiger partial charge >= 0.3 is 0 Å². The Bertz CT molecular complexity index is 603. The van der Waals surface area contributed by atoms with E-state index < -0.39 is 0 Å². The molecule has 1 aliphatic rings. The Morgan fingerprint density at radius 3 is 2.84 bits per heavy atom. The maximum atomic E-state index is 11.8. The minimum Gasteiger partial charge on any atom is -0.347 e. The maximum absolute atomic E-state index is 11.8. The monoisotopic (exact) mass is 262 g/mol. The third kappa shape index (κ3) is 3.27. The summed E-state index contributed by atoms with van der Waals surface area (Å²) >= 11 is 0. The van der Waals surface area contributed by atoms with E-state index in [1.54, 1.807) is 19.3 Å². The summed E-state index contributed by atoms with van der Waals surface area (Å²) in [6.07, 6.45) is 2.27. The fourth-order valence-electron chi connectivity index (χ4n) is 1.68. The molecule has 0 atom stereocenters. The Balaban J connectivity index is 1.95.